The summed E-state index contributed by atoms with van der Waals surface area (Å²) >= 11 is 3.50. The Balaban J connectivity index is 1.93. The van der Waals surface area contributed by atoms with Crippen molar-refractivity contribution in [1.29, 1.82) is 0 Å². The zero-order valence-electron chi connectivity index (χ0n) is 10.8. The second-order valence-corrected chi connectivity index (χ2v) is 6.44. The summed E-state index contributed by atoms with van der Waals surface area (Å²) in [5.41, 5.74) is 1.07. The van der Waals surface area contributed by atoms with Crippen molar-refractivity contribution >= 4 is 26.8 Å². The molecule has 96 valence electrons. The van der Waals surface area contributed by atoms with Crippen molar-refractivity contribution in [3.8, 4) is 0 Å². The third-order valence-electron chi connectivity index (χ3n) is 3.68. The first-order valence-corrected chi connectivity index (χ1v) is 7.24. The number of aromatic nitrogens is 2. The number of rotatable bonds is 1. The third kappa shape index (κ3) is 2.31. The monoisotopic (exact) mass is 307 g/mol. The summed E-state index contributed by atoms with van der Waals surface area (Å²) in [6, 6.07) is 6.79. The largest absolute Gasteiger partial charge is 0.304 e. The van der Waals surface area contributed by atoms with Crippen molar-refractivity contribution in [2.24, 2.45) is 5.92 Å². The van der Waals surface area contributed by atoms with Gasteiger partial charge in [0.1, 0.15) is 0 Å². The fourth-order valence-electron chi connectivity index (χ4n) is 2.97. The van der Waals surface area contributed by atoms with E-state index in [-0.39, 0.29) is 0 Å². The summed E-state index contributed by atoms with van der Waals surface area (Å²) in [5, 5.41) is 5.95. The van der Waals surface area contributed by atoms with Crippen molar-refractivity contribution in [1.82, 2.24) is 14.7 Å². The summed E-state index contributed by atoms with van der Waals surface area (Å²) in [6.07, 6.45) is 3.40. The molecule has 2 heterocycles. The highest BCUT2D eigenvalue weighted by Gasteiger charge is 2.24. The van der Waals surface area contributed by atoms with Crippen LogP contribution in [0.1, 0.15) is 19.4 Å². The minimum absolute atomic E-state index is 0.505. The number of benzene rings is 1. The lowest BCUT2D eigenvalue weighted by Crippen LogP contribution is -2.38. The molecule has 0 spiro atoms. The predicted molar refractivity (Wildman–Crippen MR) is 77.7 cm³/mol. The Kier molecular flexibility index (Phi) is 3.16. The van der Waals surface area contributed by atoms with Crippen molar-refractivity contribution < 1.29 is 0 Å². The fraction of sp³-hybridized carbons (Fsp3) is 0.500. The van der Waals surface area contributed by atoms with Gasteiger partial charge in [-0.1, -0.05) is 28.9 Å². The summed E-state index contributed by atoms with van der Waals surface area (Å²) in [5.74, 6) is 0.743. The molecule has 0 saturated carbocycles. The fourth-order valence-corrected chi connectivity index (χ4v) is 3.32. The lowest BCUT2D eigenvalue weighted by Gasteiger charge is -2.34. The summed E-state index contributed by atoms with van der Waals surface area (Å²) < 4.78 is 3.25. The Morgan fingerprint density at radius 2 is 2.17 bits per heavy atom. The van der Waals surface area contributed by atoms with Gasteiger partial charge in [-0.3, -0.25) is 4.68 Å². The average Bonchev–Trinajstić information content (AvgIpc) is 2.70. The molecule has 3 nitrogen and oxygen atoms in total. The van der Waals surface area contributed by atoms with Gasteiger partial charge in [-0.15, -0.1) is 0 Å². The van der Waals surface area contributed by atoms with E-state index in [4.69, 9.17) is 5.10 Å². The number of nitrogens with zero attached hydrogens (tertiary/aromatic N) is 3. The molecular formula is C14H18BrN3. The van der Waals surface area contributed by atoms with E-state index in [1.54, 1.807) is 0 Å². The van der Waals surface area contributed by atoms with Crippen LogP contribution in [0.4, 0.5) is 0 Å². The van der Waals surface area contributed by atoms with Crippen LogP contribution in [0.2, 0.25) is 0 Å². The van der Waals surface area contributed by atoms with Gasteiger partial charge in [0.2, 0.25) is 0 Å². The van der Waals surface area contributed by atoms with Gasteiger partial charge < -0.3 is 4.90 Å². The molecule has 1 aliphatic heterocycles. The number of piperidine rings is 1. The highest BCUT2D eigenvalue weighted by molar-refractivity contribution is 9.10. The van der Waals surface area contributed by atoms with Gasteiger partial charge >= 0.3 is 0 Å². The summed E-state index contributed by atoms with van der Waals surface area (Å²) in [6.45, 7) is 4.62. The zero-order chi connectivity index (χ0) is 12.7. The third-order valence-corrected chi connectivity index (χ3v) is 4.17. The van der Waals surface area contributed by atoms with Gasteiger partial charge in [-0.25, -0.2) is 0 Å². The highest BCUT2D eigenvalue weighted by atomic mass is 79.9. The number of fused-ring (bicyclic) bond motifs is 1. The Morgan fingerprint density at radius 3 is 2.94 bits per heavy atom. The van der Waals surface area contributed by atoms with E-state index >= 15 is 0 Å². The second kappa shape index (κ2) is 4.67. The van der Waals surface area contributed by atoms with Gasteiger partial charge in [0.25, 0.3) is 0 Å². The Labute approximate surface area is 116 Å². The smallest absolute Gasteiger partial charge is 0.0934 e. The maximum absolute atomic E-state index is 4.73. The number of hydrogen-bond donors (Lipinski definition) is 0. The Morgan fingerprint density at radius 1 is 1.33 bits per heavy atom. The van der Waals surface area contributed by atoms with Crippen molar-refractivity contribution in [3.05, 3.63) is 28.9 Å². The van der Waals surface area contributed by atoms with Gasteiger partial charge in [-0.2, -0.15) is 5.10 Å². The number of likely N-dealkylation sites (N-methyl/N-ethyl adjacent to an activating group) is 1. The average molecular weight is 308 g/mol. The highest BCUT2D eigenvalue weighted by Crippen LogP contribution is 2.26. The number of halogens is 1. The molecule has 18 heavy (non-hydrogen) atoms. The minimum Gasteiger partial charge on any atom is -0.304 e. The first kappa shape index (κ1) is 12.2. The van der Waals surface area contributed by atoms with Crippen LogP contribution in [0.5, 0.6) is 0 Å². The molecule has 0 bridgehead atoms. The Hall–Kier alpha value is -0.870. The van der Waals surface area contributed by atoms with E-state index in [0.29, 0.717) is 6.04 Å². The molecule has 1 unspecified atom stereocenters. The van der Waals surface area contributed by atoms with E-state index in [2.05, 4.69) is 63.9 Å². The molecule has 0 radical (unpaired) electrons. The molecule has 2 aromatic rings. The molecular weight excluding hydrogens is 290 g/mol. The van der Waals surface area contributed by atoms with Gasteiger partial charge in [0.15, 0.2) is 0 Å². The molecule has 1 aromatic heterocycles. The van der Waals surface area contributed by atoms with E-state index in [1.165, 1.54) is 18.4 Å². The Bertz CT molecular complexity index is 553. The zero-order valence-corrected chi connectivity index (χ0v) is 12.4. The molecule has 1 fully saturated rings. The predicted octanol–water partition coefficient (Wildman–Crippen LogP) is 3.31. The topological polar surface area (TPSA) is 21.1 Å². The molecule has 0 aliphatic carbocycles. The molecule has 3 rings (SSSR count). The van der Waals surface area contributed by atoms with Crippen molar-refractivity contribution in [2.45, 2.75) is 19.4 Å². The maximum Gasteiger partial charge on any atom is 0.0934 e. The summed E-state index contributed by atoms with van der Waals surface area (Å²) in [4.78, 5) is 2.40. The van der Waals surface area contributed by atoms with Gasteiger partial charge in [0.05, 0.1) is 11.6 Å². The van der Waals surface area contributed by atoms with Crippen molar-refractivity contribution in [3.63, 3.8) is 0 Å². The molecule has 1 aromatic carbocycles. The van der Waals surface area contributed by atoms with Crippen LogP contribution in [0, 0.1) is 5.92 Å². The minimum atomic E-state index is 0.505. The lowest BCUT2D eigenvalue weighted by molar-refractivity contribution is 0.157. The van der Waals surface area contributed by atoms with E-state index < -0.39 is 0 Å². The SMILES string of the molecule is C[C@@H]1CC(n2cc3ccc(Br)cc3n2)CN(C)C1. The molecule has 1 saturated heterocycles. The van der Waals surface area contributed by atoms with E-state index in [9.17, 15) is 0 Å². The standard InChI is InChI=1S/C14H18BrN3/c1-10-5-13(9-17(2)7-10)18-8-11-3-4-12(15)6-14(11)16-18/h3-4,6,8,10,13H,5,7,9H2,1-2H3/t10-,13?/m1/s1. The van der Waals surface area contributed by atoms with Crippen LogP contribution in [-0.4, -0.2) is 34.8 Å². The van der Waals surface area contributed by atoms with Crippen LogP contribution in [-0.2, 0) is 0 Å². The maximum atomic E-state index is 4.73. The molecule has 4 heteroatoms. The lowest BCUT2D eigenvalue weighted by atomic mass is 9.96. The summed E-state index contributed by atoms with van der Waals surface area (Å²) in [7, 11) is 2.20. The first-order chi connectivity index (χ1) is 8.61. The van der Waals surface area contributed by atoms with Crippen molar-refractivity contribution in [2.75, 3.05) is 20.1 Å². The molecule has 0 N–H and O–H groups in total. The quantitative estimate of drug-likeness (QED) is 0.806. The van der Waals surface area contributed by atoms with E-state index in [1.807, 2.05) is 0 Å². The van der Waals surface area contributed by atoms with Gasteiger partial charge in [-0.05, 0) is 31.5 Å². The van der Waals surface area contributed by atoms with Crippen LogP contribution in [0.3, 0.4) is 0 Å². The molecule has 2 atom stereocenters. The van der Waals surface area contributed by atoms with Gasteiger partial charge in [0, 0.05) is 29.1 Å². The van der Waals surface area contributed by atoms with Crippen LogP contribution in [0.25, 0.3) is 10.9 Å². The number of likely N-dealkylation sites (tertiary alicyclic amines) is 1. The van der Waals surface area contributed by atoms with Crippen LogP contribution in [0.15, 0.2) is 28.9 Å². The van der Waals surface area contributed by atoms with E-state index in [0.717, 1.165) is 22.5 Å². The number of hydrogen-bond acceptors (Lipinski definition) is 2. The normalized spacial score (nSPS) is 25.7. The van der Waals surface area contributed by atoms with Crippen LogP contribution >= 0.6 is 15.9 Å². The van der Waals surface area contributed by atoms with Crippen LogP contribution < -0.4 is 0 Å². The molecule has 1 aliphatic rings. The molecule has 0 amide bonds. The second-order valence-electron chi connectivity index (χ2n) is 5.53. The first-order valence-electron chi connectivity index (χ1n) is 6.45.